The summed E-state index contributed by atoms with van der Waals surface area (Å²) in [5.74, 6) is -1.01. The Balaban J connectivity index is 1.70. The van der Waals surface area contributed by atoms with Crippen LogP contribution in [0.15, 0.2) is 91.0 Å². The van der Waals surface area contributed by atoms with Crippen LogP contribution in [0.5, 0.6) is 0 Å². The summed E-state index contributed by atoms with van der Waals surface area (Å²) in [5, 5.41) is 9.19. The van der Waals surface area contributed by atoms with Gasteiger partial charge in [-0.15, -0.1) is 0 Å². The Kier molecular flexibility index (Phi) is 16.1. The van der Waals surface area contributed by atoms with E-state index in [1.54, 1.807) is 24.6 Å². The van der Waals surface area contributed by atoms with Gasteiger partial charge in [-0.25, -0.2) is 0 Å². The fourth-order valence-electron chi connectivity index (χ4n) is 4.83. The Bertz CT molecular complexity index is 1290. The monoisotopic (exact) mass is 684 g/mol. The summed E-state index contributed by atoms with van der Waals surface area (Å²) in [6, 6.07) is 30.0. The van der Waals surface area contributed by atoms with E-state index >= 15 is 0 Å². The van der Waals surface area contributed by atoms with Crippen LogP contribution in [0.4, 0.5) is 0 Å². The lowest BCUT2D eigenvalue weighted by Gasteiger charge is -2.27. The molecule has 0 heterocycles. The average molecular weight is 685 g/mol. The van der Waals surface area contributed by atoms with Crippen molar-refractivity contribution in [1.82, 2.24) is 10.6 Å². The number of carbonyl (C=O) groups excluding carboxylic acids is 4. The van der Waals surface area contributed by atoms with Crippen molar-refractivity contribution in [3.8, 4) is 0 Å². The van der Waals surface area contributed by atoms with Gasteiger partial charge in [-0.1, -0.05) is 76.2 Å². The van der Waals surface area contributed by atoms with Crippen molar-refractivity contribution >= 4 is 68.5 Å². The highest BCUT2D eigenvalue weighted by Crippen LogP contribution is 2.55. The normalized spacial score (nSPS) is 12.4. The van der Waals surface area contributed by atoms with Crippen molar-refractivity contribution in [3.05, 3.63) is 91.0 Å². The molecule has 3 aromatic rings. The van der Waals surface area contributed by atoms with Gasteiger partial charge in [-0.05, 0) is 56.7 Å². The number of ether oxygens (including phenoxy) is 2. The molecule has 46 heavy (non-hydrogen) atoms. The average Bonchev–Trinajstić information content (AvgIpc) is 3.08. The molecule has 2 unspecified atom stereocenters. The Morgan fingerprint density at radius 1 is 0.783 bits per heavy atom. The molecular formula is C34H43N3O6PS2+. The number of hydrogen-bond donors (Lipinski definition) is 3. The van der Waals surface area contributed by atoms with Gasteiger partial charge in [0.25, 0.3) is 0 Å². The van der Waals surface area contributed by atoms with Crippen LogP contribution >= 0.6 is 28.9 Å². The van der Waals surface area contributed by atoms with Gasteiger partial charge in [0.2, 0.25) is 11.8 Å². The van der Waals surface area contributed by atoms with Gasteiger partial charge in [-0.3, -0.25) is 19.2 Å². The first kappa shape index (κ1) is 37.1. The maximum absolute atomic E-state index is 13.0. The van der Waals surface area contributed by atoms with E-state index < -0.39 is 43.1 Å². The second-order valence-corrected chi connectivity index (χ2v) is 16.4. The number of esters is 2. The molecule has 0 saturated carbocycles. The van der Waals surface area contributed by atoms with Gasteiger partial charge < -0.3 is 25.8 Å². The predicted octanol–water partition coefficient (Wildman–Crippen LogP) is 3.20. The van der Waals surface area contributed by atoms with Crippen LogP contribution in [-0.4, -0.2) is 73.3 Å². The smallest absolute Gasteiger partial charge is 0.325 e. The first-order chi connectivity index (χ1) is 22.3. The van der Waals surface area contributed by atoms with E-state index in [-0.39, 0.29) is 38.4 Å². The molecule has 246 valence electrons. The van der Waals surface area contributed by atoms with Crippen LogP contribution in [-0.2, 0) is 28.7 Å². The lowest BCUT2D eigenvalue weighted by molar-refractivity contribution is -0.145. The van der Waals surface area contributed by atoms with Crippen molar-refractivity contribution in [1.29, 1.82) is 0 Å². The van der Waals surface area contributed by atoms with Crippen molar-refractivity contribution in [3.63, 3.8) is 0 Å². The quantitative estimate of drug-likeness (QED) is 0.0753. The Labute approximate surface area is 279 Å². The maximum atomic E-state index is 13.0. The summed E-state index contributed by atoms with van der Waals surface area (Å²) in [6.45, 7) is 3.45. The summed E-state index contributed by atoms with van der Waals surface area (Å²) in [4.78, 5) is 49.5. The molecule has 0 aliphatic rings. The molecule has 0 aromatic heterocycles. The summed E-state index contributed by atoms with van der Waals surface area (Å²) < 4.78 is 9.82. The standard InChI is InChI=1S/C34H42N3O6PS2/c1-3-42-32(39)24-36-33(40)30(37-31(38)21-20-29(35)34(41)43-4-2)25-46-45-23-22-44(26-14-8-5-9-15-26,27-16-10-6-11-17-27)28-18-12-7-13-19-28/h5-19,29-30H,3-4,20-25,35H2,1-2H3,(H-,36,37,38,40)/p+1. The number of nitrogens with two attached hydrogens (primary N) is 1. The third kappa shape index (κ3) is 11.2. The summed E-state index contributed by atoms with van der Waals surface area (Å²) in [6.07, 6.45) is 0.909. The fraction of sp³-hybridized carbons (Fsp3) is 0.353. The van der Waals surface area contributed by atoms with E-state index in [4.69, 9.17) is 15.2 Å². The van der Waals surface area contributed by atoms with Gasteiger partial charge in [0, 0.05) is 17.9 Å². The van der Waals surface area contributed by atoms with Crippen molar-refractivity contribution in [2.75, 3.05) is 37.4 Å². The van der Waals surface area contributed by atoms with Crippen LogP contribution < -0.4 is 32.3 Å². The molecule has 0 radical (unpaired) electrons. The zero-order valence-electron chi connectivity index (χ0n) is 26.3. The Hall–Kier alpha value is -3.37. The van der Waals surface area contributed by atoms with Crippen LogP contribution in [0, 0.1) is 0 Å². The fourth-order valence-corrected chi connectivity index (χ4v) is 12.2. The van der Waals surface area contributed by atoms with Crippen LogP contribution in [0.25, 0.3) is 0 Å². The molecule has 9 nitrogen and oxygen atoms in total. The van der Waals surface area contributed by atoms with Crippen LogP contribution in [0.2, 0.25) is 0 Å². The van der Waals surface area contributed by atoms with Crippen molar-refractivity contribution < 1.29 is 28.7 Å². The van der Waals surface area contributed by atoms with Crippen LogP contribution in [0.3, 0.4) is 0 Å². The minimum atomic E-state index is -2.00. The Morgan fingerprint density at radius 3 is 1.80 bits per heavy atom. The van der Waals surface area contributed by atoms with Crippen molar-refractivity contribution in [2.24, 2.45) is 5.73 Å². The molecule has 3 rings (SSSR count). The molecule has 0 aliphatic carbocycles. The third-order valence-corrected chi connectivity index (χ3v) is 14.2. The summed E-state index contributed by atoms with van der Waals surface area (Å²) in [7, 11) is 1.12. The zero-order chi connectivity index (χ0) is 33.2. The first-order valence-corrected chi connectivity index (χ1v) is 19.7. The molecular weight excluding hydrogens is 641 g/mol. The molecule has 2 atom stereocenters. The number of nitrogens with one attached hydrogen (secondary N) is 2. The van der Waals surface area contributed by atoms with Crippen LogP contribution in [0.1, 0.15) is 26.7 Å². The second kappa shape index (κ2) is 20.0. The Morgan fingerprint density at radius 2 is 1.30 bits per heavy atom. The zero-order valence-corrected chi connectivity index (χ0v) is 28.8. The van der Waals surface area contributed by atoms with E-state index in [2.05, 4.69) is 83.4 Å². The number of benzene rings is 3. The third-order valence-electron chi connectivity index (χ3n) is 7.05. The van der Waals surface area contributed by atoms with E-state index in [0.717, 1.165) is 11.9 Å². The maximum Gasteiger partial charge on any atom is 0.325 e. The van der Waals surface area contributed by atoms with E-state index in [9.17, 15) is 19.2 Å². The molecule has 12 heteroatoms. The molecule has 0 saturated heterocycles. The van der Waals surface area contributed by atoms with Crippen molar-refractivity contribution in [2.45, 2.75) is 38.8 Å². The molecule has 0 spiro atoms. The van der Waals surface area contributed by atoms with Gasteiger partial charge in [-0.2, -0.15) is 0 Å². The van der Waals surface area contributed by atoms with E-state index in [0.29, 0.717) is 0 Å². The number of amides is 2. The molecule has 0 fully saturated rings. The van der Waals surface area contributed by atoms with E-state index in [1.165, 1.54) is 26.7 Å². The van der Waals surface area contributed by atoms with Gasteiger partial charge >= 0.3 is 11.9 Å². The largest absolute Gasteiger partial charge is 0.465 e. The molecule has 2 amide bonds. The van der Waals surface area contributed by atoms with Gasteiger partial charge in [0.15, 0.2) is 0 Å². The highest BCUT2D eigenvalue weighted by atomic mass is 33.1. The molecule has 4 N–H and O–H groups in total. The molecule has 3 aromatic carbocycles. The van der Waals surface area contributed by atoms with Gasteiger partial charge in [0.1, 0.15) is 41.8 Å². The lowest BCUT2D eigenvalue weighted by atomic mass is 10.1. The topological polar surface area (TPSA) is 137 Å². The highest BCUT2D eigenvalue weighted by molar-refractivity contribution is 8.76. The SMILES string of the molecule is CCOC(=O)CNC(=O)C(CSSCC[P+](c1ccccc1)(c1ccccc1)c1ccccc1)NC(=O)CCC(N)C(=O)OCC. The predicted molar refractivity (Wildman–Crippen MR) is 190 cm³/mol. The minimum absolute atomic E-state index is 0.0579. The lowest BCUT2D eigenvalue weighted by Crippen LogP contribution is -2.49. The summed E-state index contributed by atoms with van der Waals surface area (Å²) in [5.41, 5.74) is 5.84. The minimum Gasteiger partial charge on any atom is -0.465 e. The second-order valence-electron chi connectivity index (χ2n) is 10.2. The first-order valence-electron chi connectivity index (χ1n) is 15.3. The summed E-state index contributed by atoms with van der Waals surface area (Å²) >= 11 is 0. The molecule has 0 bridgehead atoms. The molecule has 0 aliphatic heterocycles. The number of carbonyl (C=O) groups is 4. The number of rotatable bonds is 19. The highest BCUT2D eigenvalue weighted by Gasteiger charge is 2.44. The number of hydrogen-bond acceptors (Lipinski definition) is 9. The van der Waals surface area contributed by atoms with Gasteiger partial charge in [0.05, 0.1) is 19.4 Å². The van der Waals surface area contributed by atoms with E-state index in [1.807, 2.05) is 18.2 Å².